The zero-order chi connectivity index (χ0) is 27.7. The zero-order valence-corrected chi connectivity index (χ0v) is 23.0. The third-order valence-corrected chi connectivity index (χ3v) is 7.30. The molecule has 1 amide bonds. The average Bonchev–Trinajstić information content (AvgIpc) is 3.58. The van der Waals surface area contributed by atoms with Crippen molar-refractivity contribution in [1.29, 1.82) is 0 Å². The molecule has 0 saturated carbocycles. The summed E-state index contributed by atoms with van der Waals surface area (Å²) in [5.74, 6) is -0.531. The number of para-hydroxylation sites is 1. The summed E-state index contributed by atoms with van der Waals surface area (Å²) in [6, 6.07) is 18.3. The number of benzene rings is 3. The summed E-state index contributed by atoms with van der Waals surface area (Å²) >= 11 is 18.8. The van der Waals surface area contributed by atoms with Gasteiger partial charge in [-0.05, 0) is 48.9 Å². The van der Waals surface area contributed by atoms with Gasteiger partial charge in [0.2, 0.25) is 0 Å². The second-order valence-electron chi connectivity index (χ2n) is 8.82. The van der Waals surface area contributed by atoms with Crippen LogP contribution < -0.4 is 0 Å². The SMILES string of the molecule is C[C@H](c1ccc(F)c(Cl)c1)N(C)C(=O)c1nn(-c2ccccc2Cl)c(-c2ccc(Cl)cc2)c1Cc1nn[nH]n1. The molecule has 0 fully saturated rings. The summed E-state index contributed by atoms with van der Waals surface area (Å²) in [5.41, 5.74) is 3.37. The highest BCUT2D eigenvalue weighted by Gasteiger charge is 2.30. The van der Waals surface area contributed by atoms with E-state index < -0.39 is 11.9 Å². The Morgan fingerprint density at radius 3 is 2.46 bits per heavy atom. The first-order chi connectivity index (χ1) is 18.7. The Bertz CT molecular complexity index is 1640. The summed E-state index contributed by atoms with van der Waals surface area (Å²) in [4.78, 5) is 15.6. The monoisotopic (exact) mass is 583 g/mol. The average molecular weight is 585 g/mol. The Kier molecular flexibility index (Phi) is 7.65. The fourth-order valence-electron chi connectivity index (χ4n) is 4.25. The maximum Gasteiger partial charge on any atom is 0.274 e. The van der Waals surface area contributed by atoms with Gasteiger partial charge in [0.25, 0.3) is 5.91 Å². The Labute approximate surface area is 238 Å². The second-order valence-corrected chi connectivity index (χ2v) is 10.1. The van der Waals surface area contributed by atoms with Gasteiger partial charge in [0.15, 0.2) is 11.5 Å². The van der Waals surface area contributed by atoms with Gasteiger partial charge in [-0.15, -0.1) is 10.2 Å². The van der Waals surface area contributed by atoms with E-state index in [-0.39, 0.29) is 23.0 Å². The zero-order valence-electron chi connectivity index (χ0n) is 20.7. The van der Waals surface area contributed by atoms with Gasteiger partial charge in [0, 0.05) is 29.6 Å². The maximum atomic E-state index is 14.1. The van der Waals surface area contributed by atoms with Crippen LogP contribution in [0.2, 0.25) is 15.1 Å². The molecule has 0 spiro atoms. The molecule has 0 aliphatic rings. The molecule has 1 N–H and O–H groups in total. The van der Waals surface area contributed by atoms with Gasteiger partial charge >= 0.3 is 0 Å². The van der Waals surface area contributed by atoms with E-state index in [1.807, 2.05) is 37.3 Å². The highest BCUT2D eigenvalue weighted by molar-refractivity contribution is 6.32. The number of H-pyrrole nitrogens is 1. The van der Waals surface area contributed by atoms with Gasteiger partial charge in [-0.3, -0.25) is 4.79 Å². The topological polar surface area (TPSA) is 92.6 Å². The first-order valence-corrected chi connectivity index (χ1v) is 12.9. The Hall–Kier alpha value is -3.79. The number of rotatable bonds is 7. The van der Waals surface area contributed by atoms with Crippen LogP contribution in [-0.2, 0) is 6.42 Å². The Balaban J connectivity index is 1.69. The van der Waals surface area contributed by atoms with Gasteiger partial charge in [0.05, 0.1) is 27.5 Å². The number of hydrogen-bond acceptors (Lipinski definition) is 5. The van der Waals surface area contributed by atoms with Crippen LogP contribution in [0.15, 0.2) is 66.7 Å². The minimum Gasteiger partial charge on any atom is -0.334 e. The summed E-state index contributed by atoms with van der Waals surface area (Å²) in [7, 11) is 1.65. The molecule has 0 unspecified atom stereocenters. The van der Waals surface area contributed by atoms with E-state index in [0.29, 0.717) is 38.4 Å². The molecule has 5 aromatic rings. The van der Waals surface area contributed by atoms with E-state index in [1.54, 1.807) is 36.0 Å². The van der Waals surface area contributed by atoms with E-state index in [2.05, 4.69) is 20.6 Å². The summed E-state index contributed by atoms with van der Waals surface area (Å²) in [6.45, 7) is 1.82. The molecule has 0 bridgehead atoms. The van der Waals surface area contributed by atoms with Crippen molar-refractivity contribution in [2.75, 3.05) is 7.05 Å². The number of aromatic amines is 1. The molecular weight excluding hydrogens is 564 g/mol. The number of amides is 1. The molecule has 198 valence electrons. The van der Waals surface area contributed by atoms with Crippen molar-refractivity contribution in [3.63, 3.8) is 0 Å². The van der Waals surface area contributed by atoms with Gasteiger partial charge in [-0.1, -0.05) is 70.3 Å². The van der Waals surface area contributed by atoms with Crippen molar-refractivity contribution in [3.8, 4) is 16.9 Å². The maximum absolute atomic E-state index is 14.1. The molecule has 0 aliphatic carbocycles. The number of halogens is 4. The van der Waals surface area contributed by atoms with E-state index in [0.717, 1.165) is 5.56 Å². The van der Waals surface area contributed by atoms with Gasteiger partial charge in [0.1, 0.15) is 5.82 Å². The third-order valence-electron chi connectivity index (χ3n) is 6.44. The number of carbonyl (C=O) groups is 1. The van der Waals surface area contributed by atoms with Crippen LogP contribution >= 0.6 is 34.8 Å². The van der Waals surface area contributed by atoms with Gasteiger partial charge in [-0.25, -0.2) is 9.07 Å². The second kappa shape index (κ2) is 11.1. The number of tetrazole rings is 1. The first kappa shape index (κ1) is 26.8. The minimum atomic E-state index is -0.532. The molecule has 39 heavy (non-hydrogen) atoms. The van der Waals surface area contributed by atoms with Crippen molar-refractivity contribution in [1.82, 2.24) is 35.3 Å². The number of carbonyl (C=O) groups excluding carboxylic acids is 1. The van der Waals surface area contributed by atoms with Crippen LogP contribution in [0.1, 0.15) is 40.4 Å². The normalized spacial score (nSPS) is 11.9. The molecule has 12 heteroatoms. The number of hydrogen-bond donors (Lipinski definition) is 1. The predicted molar refractivity (Wildman–Crippen MR) is 148 cm³/mol. The standard InChI is InChI=1S/C27H21Cl3FN7O/c1-15(17-9-12-22(31)21(30)13-17)37(2)27(39)25-19(14-24-32-35-36-33-24)26(16-7-10-18(28)11-8-16)38(34-25)23-6-4-3-5-20(23)29/h3-13,15H,14H2,1-2H3,(H,32,33,35,36)/t15-/m1/s1. The molecule has 5 rings (SSSR count). The third kappa shape index (κ3) is 5.38. The largest absolute Gasteiger partial charge is 0.334 e. The lowest BCUT2D eigenvalue weighted by Crippen LogP contribution is -2.31. The summed E-state index contributed by atoms with van der Waals surface area (Å²) in [6.07, 6.45) is 0.157. The van der Waals surface area contributed by atoms with Crippen LogP contribution in [-0.4, -0.2) is 48.3 Å². The molecule has 0 saturated heterocycles. The molecular formula is C27H21Cl3FN7O. The van der Waals surface area contributed by atoms with Crippen molar-refractivity contribution in [2.24, 2.45) is 0 Å². The lowest BCUT2D eigenvalue weighted by Gasteiger charge is -2.25. The highest BCUT2D eigenvalue weighted by Crippen LogP contribution is 2.35. The Morgan fingerprint density at radius 2 is 1.79 bits per heavy atom. The molecule has 0 aliphatic heterocycles. The van der Waals surface area contributed by atoms with Crippen molar-refractivity contribution < 1.29 is 9.18 Å². The van der Waals surface area contributed by atoms with E-state index in [4.69, 9.17) is 39.9 Å². The van der Waals surface area contributed by atoms with Gasteiger partial charge in [-0.2, -0.15) is 10.3 Å². The lowest BCUT2D eigenvalue weighted by atomic mass is 10.0. The fourth-order valence-corrected chi connectivity index (χ4v) is 4.78. The summed E-state index contributed by atoms with van der Waals surface area (Å²) < 4.78 is 15.4. The van der Waals surface area contributed by atoms with Crippen LogP contribution in [0.3, 0.4) is 0 Å². The molecule has 8 nitrogen and oxygen atoms in total. The van der Waals surface area contributed by atoms with Crippen molar-refractivity contribution >= 4 is 40.7 Å². The molecule has 1 atom stereocenters. The van der Waals surface area contributed by atoms with Gasteiger partial charge < -0.3 is 4.90 Å². The molecule has 2 aromatic heterocycles. The Morgan fingerprint density at radius 1 is 1.05 bits per heavy atom. The van der Waals surface area contributed by atoms with Crippen molar-refractivity contribution in [3.05, 3.63) is 110 Å². The van der Waals surface area contributed by atoms with Crippen LogP contribution in [0.5, 0.6) is 0 Å². The van der Waals surface area contributed by atoms with Crippen LogP contribution in [0.4, 0.5) is 4.39 Å². The number of nitrogens with zero attached hydrogens (tertiary/aromatic N) is 6. The summed E-state index contributed by atoms with van der Waals surface area (Å²) in [5, 5.41) is 20.1. The number of aromatic nitrogens is 6. The smallest absolute Gasteiger partial charge is 0.274 e. The van der Waals surface area contributed by atoms with E-state index >= 15 is 0 Å². The van der Waals surface area contributed by atoms with E-state index in [9.17, 15) is 9.18 Å². The van der Waals surface area contributed by atoms with Crippen LogP contribution in [0.25, 0.3) is 16.9 Å². The van der Waals surface area contributed by atoms with Crippen LogP contribution in [0, 0.1) is 5.82 Å². The first-order valence-electron chi connectivity index (χ1n) is 11.8. The fraction of sp³-hybridized carbons (Fsp3) is 0.148. The molecule has 0 radical (unpaired) electrons. The van der Waals surface area contributed by atoms with E-state index in [1.165, 1.54) is 17.0 Å². The molecule has 3 aromatic carbocycles. The quantitative estimate of drug-likeness (QED) is 0.233. The number of nitrogens with one attached hydrogen (secondary N) is 1. The van der Waals surface area contributed by atoms with Crippen molar-refractivity contribution in [2.45, 2.75) is 19.4 Å². The minimum absolute atomic E-state index is 0.0222. The highest BCUT2D eigenvalue weighted by atomic mass is 35.5. The lowest BCUT2D eigenvalue weighted by molar-refractivity contribution is 0.0735. The predicted octanol–water partition coefficient (Wildman–Crippen LogP) is 6.58. The molecule has 2 heterocycles.